The number of rotatable bonds is 4. The normalized spacial score (nSPS) is 29.7. The number of nitrogens with one attached hydrogen (secondary N) is 2. The molecule has 0 saturated carbocycles. The molecule has 0 unspecified atom stereocenters. The molecule has 8 heteroatoms. The van der Waals surface area contributed by atoms with E-state index in [0.717, 1.165) is 32.5 Å². The maximum Gasteiger partial charge on any atom is 0.237 e. The van der Waals surface area contributed by atoms with Crippen LogP contribution in [0.1, 0.15) is 24.0 Å². The van der Waals surface area contributed by atoms with Crippen molar-refractivity contribution in [1.29, 1.82) is 0 Å². The third kappa shape index (κ3) is 5.13. The summed E-state index contributed by atoms with van der Waals surface area (Å²) in [7, 11) is 0. The largest absolute Gasteiger partial charge is 0.396 e. The van der Waals surface area contributed by atoms with E-state index >= 15 is 0 Å². The first-order valence-electron chi connectivity index (χ1n) is 9.30. The van der Waals surface area contributed by atoms with Gasteiger partial charge < -0.3 is 20.5 Å². The van der Waals surface area contributed by atoms with Crippen molar-refractivity contribution in [2.45, 2.75) is 50.0 Å². The van der Waals surface area contributed by atoms with Gasteiger partial charge in [-0.05, 0) is 30.4 Å². The molecule has 0 spiro atoms. The van der Waals surface area contributed by atoms with Crippen molar-refractivity contribution in [3.05, 3.63) is 35.4 Å². The number of aliphatic hydroxyl groups is 1. The lowest BCUT2D eigenvalue weighted by Gasteiger charge is -2.34. The maximum absolute atomic E-state index is 12.7. The lowest BCUT2D eigenvalue weighted by atomic mass is 9.95. The Morgan fingerprint density at radius 3 is 2.81 bits per heavy atom. The summed E-state index contributed by atoms with van der Waals surface area (Å²) < 4.78 is 5.81. The van der Waals surface area contributed by atoms with Gasteiger partial charge in [0.2, 0.25) is 5.91 Å². The van der Waals surface area contributed by atoms with E-state index in [1.54, 1.807) is 0 Å². The van der Waals surface area contributed by atoms with Crippen LogP contribution in [0.15, 0.2) is 24.3 Å². The summed E-state index contributed by atoms with van der Waals surface area (Å²) in [5.74, 6) is 0.104. The molecular formula is C19H29Cl2N3O3. The van der Waals surface area contributed by atoms with Crippen molar-refractivity contribution in [2.24, 2.45) is 0 Å². The van der Waals surface area contributed by atoms with E-state index in [4.69, 9.17) is 9.84 Å². The highest BCUT2D eigenvalue weighted by molar-refractivity contribution is 5.85. The average molecular weight is 418 g/mol. The highest BCUT2D eigenvalue weighted by Gasteiger charge is 2.38. The van der Waals surface area contributed by atoms with Crippen LogP contribution in [-0.4, -0.2) is 66.4 Å². The summed E-state index contributed by atoms with van der Waals surface area (Å²) in [6.45, 7) is 3.35. The number of fused-ring (bicyclic) bond motifs is 2. The zero-order chi connectivity index (χ0) is 17.2. The predicted molar refractivity (Wildman–Crippen MR) is 109 cm³/mol. The lowest BCUT2D eigenvalue weighted by Crippen LogP contribution is -2.51. The Hall–Kier alpha value is -0.890. The molecule has 3 aliphatic rings. The Morgan fingerprint density at radius 1 is 1.26 bits per heavy atom. The fraction of sp³-hybridized carbons (Fsp3) is 0.632. The Morgan fingerprint density at radius 2 is 2.04 bits per heavy atom. The minimum Gasteiger partial charge on any atom is -0.396 e. The fourth-order valence-corrected chi connectivity index (χ4v) is 4.31. The second-order valence-electron chi connectivity index (χ2n) is 7.42. The molecule has 27 heavy (non-hydrogen) atoms. The van der Waals surface area contributed by atoms with Gasteiger partial charge in [0.1, 0.15) is 0 Å². The van der Waals surface area contributed by atoms with Crippen molar-refractivity contribution in [3.63, 3.8) is 0 Å². The molecule has 4 atom stereocenters. The van der Waals surface area contributed by atoms with Gasteiger partial charge in [-0.25, -0.2) is 0 Å². The third-order valence-corrected chi connectivity index (χ3v) is 5.69. The molecule has 3 N–H and O–H groups in total. The van der Waals surface area contributed by atoms with E-state index in [0.29, 0.717) is 19.1 Å². The molecule has 2 saturated heterocycles. The Balaban J connectivity index is 0.00000131. The molecule has 1 aromatic rings. The van der Waals surface area contributed by atoms with Gasteiger partial charge in [0, 0.05) is 38.3 Å². The van der Waals surface area contributed by atoms with Gasteiger partial charge in [-0.2, -0.15) is 0 Å². The second kappa shape index (κ2) is 10.0. The molecule has 3 aliphatic heterocycles. The number of nitrogens with zero attached hydrogens (tertiary/aromatic N) is 1. The number of carbonyl (C=O) groups is 1. The third-order valence-electron chi connectivity index (χ3n) is 5.69. The summed E-state index contributed by atoms with van der Waals surface area (Å²) in [5, 5.41) is 15.7. The topological polar surface area (TPSA) is 73.8 Å². The van der Waals surface area contributed by atoms with Gasteiger partial charge in [0.05, 0.1) is 18.8 Å². The van der Waals surface area contributed by atoms with E-state index in [9.17, 15) is 4.79 Å². The number of amides is 1. The summed E-state index contributed by atoms with van der Waals surface area (Å²) in [5.41, 5.74) is 2.56. The van der Waals surface area contributed by atoms with E-state index < -0.39 is 0 Å². The van der Waals surface area contributed by atoms with Crippen LogP contribution < -0.4 is 10.6 Å². The summed E-state index contributed by atoms with van der Waals surface area (Å²) in [6.07, 6.45) is 2.50. The van der Waals surface area contributed by atoms with Crippen LogP contribution >= 0.6 is 24.8 Å². The first kappa shape index (κ1) is 22.4. The van der Waals surface area contributed by atoms with Gasteiger partial charge in [0.15, 0.2) is 0 Å². The molecule has 0 radical (unpaired) electrons. The molecule has 6 nitrogen and oxygen atoms in total. The molecule has 1 amide bonds. The second-order valence-corrected chi connectivity index (χ2v) is 7.42. The molecule has 0 aliphatic carbocycles. The number of halogens is 2. The highest BCUT2D eigenvalue weighted by Crippen LogP contribution is 2.24. The molecule has 152 valence electrons. The first-order valence-corrected chi connectivity index (χ1v) is 9.30. The van der Waals surface area contributed by atoms with Gasteiger partial charge in [0.25, 0.3) is 0 Å². The number of carbonyl (C=O) groups excluding carboxylic acids is 1. The number of aliphatic hydroxyl groups excluding tert-OH is 1. The first-order chi connectivity index (χ1) is 12.2. The Kier molecular flexibility index (Phi) is 8.34. The SMILES string of the molecule is Cl.Cl.O=C(N[C@H]1C[C@H]2CO[C@@H](CCO)CN2C1)[C@H]1Cc2ccccc2CN1. The minimum absolute atomic E-state index is 0. The molecule has 3 heterocycles. The van der Waals surface area contributed by atoms with E-state index in [2.05, 4.69) is 27.7 Å². The Labute approximate surface area is 172 Å². The fourth-order valence-electron chi connectivity index (χ4n) is 4.31. The standard InChI is InChI=1S/C19H27N3O3.2ClH/c23-6-5-17-11-22-10-15(8-16(22)12-25-17)21-19(24)18-7-13-3-1-2-4-14(13)9-20-18;;/h1-4,15-18,20,23H,5-12H2,(H,21,24);2*1H/t15-,16-,17-,18+;;/m0../s1. The number of hydrogen-bond donors (Lipinski definition) is 3. The smallest absolute Gasteiger partial charge is 0.237 e. The molecule has 2 fully saturated rings. The van der Waals surface area contributed by atoms with Crippen molar-refractivity contribution < 1.29 is 14.6 Å². The van der Waals surface area contributed by atoms with Crippen LogP contribution in [0.3, 0.4) is 0 Å². The van der Waals surface area contributed by atoms with Crippen LogP contribution in [0.4, 0.5) is 0 Å². The van der Waals surface area contributed by atoms with Crippen molar-refractivity contribution >= 4 is 30.7 Å². The number of hydrogen-bond acceptors (Lipinski definition) is 5. The van der Waals surface area contributed by atoms with Gasteiger partial charge in [-0.1, -0.05) is 24.3 Å². The minimum atomic E-state index is -0.147. The average Bonchev–Trinajstić information content (AvgIpc) is 3.03. The molecule has 0 bridgehead atoms. The van der Waals surface area contributed by atoms with E-state index in [-0.39, 0.29) is 55.5 Å². The van der Waals surface area contributed by atoms with Crippen LogP contribution in [0, 0.1) is 0 Å². The summed E-state index contributed by atoms with van der Waals surface area (Å²) in [6, 6.07) is 8.75. The van der Waals surface area contributed by atoms with Crippen molar-refractivity contribution in [3.8, 4) is 0 Å². The lowest BCUT2D eigenvalue weighted by molar-refractivity contribution is -0.124. The zero-order valence-corrected chi connectivity index (χ0v) is 16.9. The molecule has 4 rings (SSSR count). The quantitative estimate of drug-likeness (QED) is 0.677. The number of ether oxygens (including phenoxy) is 1. The van der Waals surface area contributed by atoms with Gasteiger partial charge in [-0.3, -0.25) is 9.69 Å². The van der Waals surface area contributed by atoms with Gasteiger partial charge >= 0.3 is 0 Å². The highest BCUT2D eigenvalue weighted by atomic mass is 35.5. The van der Waals surface area contributed by atoms with Crippen LogP contribution in [-0.2, 0) is 22.5 Å². The number of morpholine rings is 1. The number of benzene rings is 1. The van der Waals surface area contributed by atoms with E-state index in [1.165, 1.54) is 11.1 Å². The molecule has 1 aromatic carbocycles. The van der Waals surface area contributed by atoms with Crippen LogP contribution in [0.25, 0.3) is 0 Å². The van der Waals surface area contributed by atoms with Crippen molar-refractivity contribution in [2.75, 3.05) is 26.3 Å². The molecular weight excluding hydrogens is 389 g/mol. The monoisotopic (exact) mass is 417 g/mol. The zero-order valence-electron chi connectivity index (χ0n) is 15.3. The van der Waals surface area contributed by atoms with Crippen molar-refractivity contribution in [1.82, 2.24) is 15.5 Å². The summed E-state index contributed by atoms with van der Waals surface area (Å²) in [4.78, 5) is 15.1. The maximum atomic E-state index is 12.7. The Bertz CT molecular complexity index is 634. The van der Waals surface area contributed by atoms with Crippen LogP contribution in [0.5, 0.6) is 0 Å². The molecule has 0 aromatic heterocycles. The summed E-state index contributed by atoms with van der Waals surface area (Å²) >= 11 is 0. The predicted octanol–water partition coefficient (Wildman–Crippen LogP) is 0.885. The van der Waals surface area contributed by atoms with E-state index in [1.807, 2.05) is 12.1 Å². The van der Waals surface area contributed by atoms with Crippen LogP contribution in [0.2, 0.25) is 0 Å². The van der Waals surface area contributed by atoms with Gasteiger partial charge in [-0.15, -0.1) is 24.8 Å².